The molecule has 4 rings (SSSR count). The first-order chi connectivity index (χ1) is 9.81. The summed E-state index contributed by atoms with van der Waals surface area (Å²) in [6.07, 6.45) is 6.02. The number of nitrogens with one attached hydrogen (secondary N) is 2. The van der Waals surface area contributed by atoms with E-state index in [0.717, 1.165) is 31.7 Å². The number of piperidine rings is 2. The standard InChI is InChI=1S/C15H22N4O/c20-15(14-8-13(17-18-14)10-3-4-10)19-7-5-12-11(9-19)2-1-6-16-12/h8,10-12,16H,1-7,9H2,(H,17,18)/t11-,12+/m1/s1. The molecule has 3 fully saturated rings. The fraction of sp³-hybridized carbons (Fsp3) is 0.733. The Hall–Kier alpha value is -1.36. The summed E-state index contributed by atoms with van der Waals surface area (Å²) in [4.78, 5) is 14.6. The smallest absolute Gasteiger partial charge is 0.274 e. The van der Waals surface area contributed by atoms with Crippen molar-refractivity contribution in [2.45, 2.75) is 44.1 Å². The first kappa shape index (κ1) is 12.4. The molecule has 2 saturated heterocycles. The van der Waals surface area contributed by atoms with Gasteiger partial charge in [0, 0.05) is 30.7 Å². The second-order valence-corrected chi connectivity index (χ2v) is 6.49. The molecule has 2 N–H and O–H groups in total. The second-order valence-electron chi connectivity index (χ2n) is 6.49. The largest absolute Gasteiger partial charge is 0.337 e. The summed E-state index contributed by atoms with van der Waals surface area (Å²) >= 11 is 0. The second kappa shape index (κ2) is 4.88. The van der Waals surface area contributed by atoms with Crippen molar-refractivity contribution in [3.8, 4) is 0 Å². The van der Waals surface area contributed by atoms with E-state index >= 15 is 0 Å². The van der Waals surface area contributed by atoms with Crippen molar-refractivity contribution in [2.24, 2.45) is 5.92 Å². The van der Waals surface area contributed by atoms with Crippen LogP contribution in [-0.4, -0.2) is 46.7 Å². The third-order valence-corrected chi connectivity index (χ3v) is 5.01. The summed E-state index contributed by atoms with van der Waals surface area (Å²) in [6.45, 7) is 2.89. The highest BCUT2D eigenvalue weighted by Gasteiger charge is 2.34. The molecular formula is C15H22N4O. The van der Waals surface area contributed by atoms with Gasteiger partial charge in [0.15, 0.2) is 0 Å². The molecule has 2 atom stereocenters. The molecule has 0 aromatic carbocycles. The maximum absolute atomic E-state index is 12.6. The van der Waals surface area contributed by atoms with Crippen LogP contribution in [0.1, 0.15) is 54.2 Å². The zero-order valence-electron chi connectivity index (χ0n) is 11.8. The summed E-state index contributed by atoms with van der Waals surface area (Å²) in [5, 5.41) is 10.8. The van der Waals surface area contributed by atoms with Crippen LogP contribution in [0, 0.1) is 5.92 Å². The van der Waals surface area contributed by atoms with Crippen molar-refractivity contribution in [2.75, 3.05) is 19.6 Å². The number of likely N-dealkylation sites (tertiary alicyclic amines) is 1. The highest BCUT2D eigenvalue weighted by molar-refractivity contribution is 5.92. The average Bonchev–Trinajstić information content (AvgIpc) is 3.23. The van der Waals surface area contributed by atoms with Gasteiger partial charge in [-0.05, 0) is 50.6 Å². The highest BCUT2D eigenvalue weighted by atomic mass is 16.2. The van der Waals surface area contributed by atoms with Crippen LogP contribution in [0.5, 0.6) is 0 Å². The van der Waals surface area contributed by atoms with Crippen LogP contribution in [0.15, 0.2) is 6.07 Å². The number of hydrogen-bond acceptors (Lipinski definition) is 3. The summed E-state index contributed by atoms with van der Waals surface area (Å²) in [6, 6.07) is 2.58. The number of fused-ring (bicyclic) bond motifs is 1. The summed E-state index contributed by atoms with van der Waals surface area (Å²) in [5.74, 6) is 1.36. The van der Waals surface area contributed by atoms with Gasteiger partial charge in [0.2, 0.25) is 0 Å². The van der Waals surface area contributed by atoms with Gasteiger partial charge in [-0.25, -0.2) is 0 Å². The molecule has 0 radical (unpaired) electrons. The van der Waals surface area contributed by atoms with Crippen molar-refractivity contribution in [1.29, 1.82) is 0 Å². The lowest BCUT2D eigenvalue weighted by atomic mass is 9.85. The van der Waals surface area contributed by atoms with Crippen LogP contribution in [-0.2, 0) is 0 Å². The molecule has 108 valence electrons. The van der Waals surface area contributed by atoms with Crippen LogP contribution in [0.2, 0.25) is 0 Å². The van der Waals surface area contributed by atoms with Gasteiger partial charge in [0.1, 0.15) is 5.69 Å². The summed E-state index contributed by atoms with van der Waals surface area (Å²) in [5.41, 5.74) is 1.75. The molecule has 1 aliphatic carbocycles. The Labute approximate surface area is 119 Å². The predicted octanol–water partition coefficient (Wildman–Crippen LogP) is 1.50. The molecule has 0 bridgehead atoms. The molecule has 2 aliphatic heterocycles. The minimum atomic E-state index is 0.108. The number of carbonyl (C=O) groups is 1. The van der Waals surface area contributed by atoms with E-state index in [-0.39, 0.29) is 5.91 Å². The molecule has 0 spiro atoms. The van der Waals surface area contributed by atoms with Crippen LogP contribution in [0.3, 0.4) is 0 Å². The van der Waals surface area contributed by atoms with Crippen LogP contribution < -0.4 is 5.32 Å². The molecule has 1 aromatic rings. The number of H-pyrrole nitrogens is 1. The van der Waals surface area contributed by atoms with E-state index in [1.807, 2.05) is 11.0 Å². The number of carbonyl (C=O) groups excluding carboxylic acids is 1. The quantitative estimate of drug-likeness (QED) is 0.859. The van der Waals surface area contributed by atoms with E-state index in [4.69, 9.17) is 0 Å². The Bertz CT molecular complexity index is 508. The Morgan fingerprint density at radius 1 is 1.30 bits per heavy atom. The van der Waals surface area contributed by atoms with Gasteiger partial charge < -0.3 is 10.2 Å². The number of nitrogens with zero attached hydrogens (tertiary/aromatic N) is 2. The Morgan fingerprint density at radius 2 is 2.20 bits per heavy atom. The minimum absolute atomic E-state index is 0.108. The lowest BCUT2D eigenvalue weighted by Gasteiger charge is -2.41. The van der Waals surface area contributed by atoms with E-state index in [1.165, 1.54) is 25.7 Å². The summed E-state index contributed by atoms with van der Waals surface area (Å²) < 4.78 is 0. The minimum Gasteiger partial charge on any atom is -0.337 e. The zero-order valence-corrected chi connectivity index (χ0v) is 11.8. The van der Waals surface area contributed by atoms with E-state index < -0.39 is 0 Å². The maximum atomic E-state index is 12.6. The van der Waals surface area contributed by atoms with Crippen molar-refractivity contribution in [3.63, 3.8) is 0 Å². The average molecular weight is 274 g/mol. The number of rotatable bonds is 2. The fourth-order valence-corrected chi connectivity index (χ4v) is 3.64. The molecule has 1 saturated carbocycles. The van der Waals surface area contributed by atoms with Crippen molar-refractivity contribution >= 4 is 5.91 Å². The van der Waals surface area contributed by atoms with E-state index in [9.17, 15) is 4.79 Å². The molecule has 3 heterocycles. The first-order valence-electron chi connectivity index (χ1n) is 7.89. The van der Waals surface area contributed by atoms with Gasteiger partial charge in [-0.3, -0.25) is 9.89 Å². The third kappa shape index (κ3) is 2.24. The molecule has 3 aliphatic rings. The number of amides is 1. The number of aromatic nitrogens is 2. The molecule has 1 amide bonds. The van der Waals surface area contributed by atoms with Gasteiger partial charge in [-0.1, -0.05) is 0 Å². The van der Waals surface area contributed by atoms with Gasteiger partial charge >= 0.3 is 0 Å². The molecule has 20 heavy (non-hydrogen) atoms. The normalized spacial score (nSPS) is 30.1. The first-order valence-corrected chi connectivity index (χ1v) is 7.89. The van der Waals surface area contributed by atoms with Crippen molar-refractivity contribution in [3.05, 3.63) is 17.5 Å². The van der Waals surface area contributed by atoms with Crippen molar-refractivity contribution in [1.82, 2.24) is 20.4 Å². The van der Waals surface area contributed by atoms with Crippen LogP contribution in [0.4, 0.5) is 0 Å². The number of aromatic amines is 1. The highest BCUT2D eigenvalue weighted by Crippen LogP contribution is 2.39. The molecular weight excluding hydrogens is 252 g/mol. The van der Waals surface area contributed by atoms with Gasteiger partial charge in [-0.2, -0.15) is 5.10 Å². The van der Waals surface area contributed by atoms with Crippen molar-refractivity contribution < 1.29 is 4.79 Å². The lowest BCUT2D eigenvalue weighted by Crippen LogP contribution is -2.53. The maximum Gasteiger partial charge on any atom is 0.274 e. The van der Waals surface area contributed by atoms with E-state index in [0.29, 0.717) is 23.6 Å². The third-order valence-electron chi connectivity index (χ3n) is 5.01. The molecule has 0 unspecified atom stereocenters. The monoisotopic (exact) mass is 274 g/mol. The summed E-state index contributed by atoms with van der Waals surface area (Å²) in [7, 11) is 0. The SMILES string of the molecule is O=C(c1cc(C2CC2)[nH]n1)N1CC[C@@H]2NCCC[C@@H]2C1. The molecule has 5 nitrogen and oxygen atoms in total. The van der Waals surface area contributed by atoms with Crippen LogP contribution >= 0.6 is 0 Å². The number of hydrogen-bond donors (Lipinski definition) is 2. The topological polar surface area (TPSA) is 61.0 Å². The van der Waals surface area contributed by atoms with Gasteiger partial charge in [-0.15, -0.1) is 0 Å². The Kier molecular flexibility index (Phi) is 3.02. The van der Waals surface area contributed by atoms with Crippen LogP contribution in [0.25, 0.3) is 0 Å². The Balaban J connectivity index is 1.44. The fourth-order valence-electron chi connectivity index (χ4n) is 3.64. The van der Waals surface area contributed by atoms with E-state index in [2.05, 4.69) is 15.5 Å². The molecule has 1 aromatic heterocycles. The lowest BCUT2D eigenvalue weighted by molar-refractivity contribution is 0.0587. The van der Waals surface area contributed by atoms with Gasteiger partial charge in [0.05, 0.1) is 0 Å². The Morgan fingerprint density at radius 3 is 3.05 bits per heavy atom. The molecule has 5 heteroatoms. The van der Waals surface area contributed by atoms with Gasteiger partial charge in [0.25, 0.3) is 5.91 Å². The predicted molar refractivity (Wildman–Crippen MR) is 75.6 cm³/mol. The zero-order chi connectivity index (χ0) is 13.5. The van der Waals surface area contributed by atoms with E-state index in [1.54, 1.807) is 0 Å².